The van der Waals surface area contributed by atoms with Crippen LogP contribution in [0.2, 0.25) is 0 Å². The van der Waals surface area contributed by atoms with Crippen molar-refractivity contribution in [2.75, 3.05) is 5.32 Å². The van der Waals surface area contributed by atoms with E-state index in [1.54, 1.807) is 0 Å². The minimum atomic E-state index is 0.196. The van der Waals surface area contributed by atoms with Crippen LogP contribution in [0.3, 0.4) is 0 Å². The zero-order valence-electron chi connectivity index (χ0n) is 13.6. The third kappa shape index (κ3) is 4.00. The third-order valence-electron chi connectivity index (χ3n) is 3.42. The van der Waals surface area contributed by atoms with Gasteiger partial charge in [0.15, 0.2) is 0 Å². The molecule has 1 atom stereocenters. The van der Waals surface area contributed by atoms with E-state index in [9.17, 15) is 0 Å². The molecule has 4 nitrogen and oxygen atoms in total. The Morgan fingerprint density at radius 1 is 1.29 bits per heavy atom. The largest absolute Gasteiger partial charge is 0.491 e. The molecule has 1 N–H and O–H groups in total. The third-order valence-corrected chi connectivity index (χ3v) is 3.42. The van der Waals surface area contributed by atoms with Crippen LogP contribution in [0.1, 0.15) is 44.9 Å². The molecule has 1 aromatic heterocycles. The monoisotopic (exact) mass is 287 g/mol. The van der Waals surface area contributed by atoms with Gasteiger partial charge in [0, 0.05) is 24.0 Å². The molecule has 0 saturated carbocycles. The van der Waals surface area contributed by atoms with E-state index in [2.05, 4.69) is 49.5 Å². The maximum atomic E-state index is 5.72. The number of nitrogens with zero attached hydrogens (tertiary/aromatic N) is 2. The molecule has 1 unspecified atom stereocenters. The van der Waals surface area contributed by atoms with Gasteiger partial charge in [-0.1, -0.05) is 0 Å². The minimum absolute atomic E-state index is 0.196. The molecule has 2 aromatic rings. The topological polar surface area (TPSA) is 39.1 Å². The summed E-state index contributed by atoms with van der Waals surface area (Å²) in [4.78, 5) is 0. The summed E-state index contributed by atoms with van der Waals surface area (Å²) in [5.41, 5.74) is 3.50. The van der Waals surface area contributed by atoms with Gasteiger partial charge in [-0.2, -0.15) is 5.10 Å². The van der Waals surface area contributed by atoms with Crippen LogP contribution in [0.4, 0.5) is 5.69 Å². The first-order chi connectivity index (χ1) is 9.99. The van der Waals surface area contributed by atoms with Crippen molar-refractivity contribution in [3.63, 3.8) is 0 Å². The van der Waals surface area contributed by atoms with Gasteiger partial charge >= 0.3 is 0 Å². The minimum Gasteiger partial charge on any atom is -0.491 e. The first-order valence-electron chi connectivity index (χ1n) is 7.55. The molecule has 1 aromatic carbocycles. The van der Waals surface area contributed by atoms with Crippen molar-refractivity contribution < 1.29 is 4.74 Å². The molecular formula is C17H25N3O. The van der Waals surface area contributed by atoms with Gasteiger partial charge in [0.25, 0.3) is 0 Å². The van der Waals surface area contributed by atoms with Gasteiger partial charge in [0.05, 0.1) is 18.3 Å². The second-order valence-corrected chi connectivity index (χ2v) is 5.64. The van der Waals surface area contributed by atoms with Gasteiger partial charge in [-0.05, 0) is 58.4 Å². The number of hydrogen-bond donors (Lipinski definition) is 1. The highest BCUT2D eigenvalue weighted by molar-refractivity contribution is 5.54. The summed E-state index contributed by atoms with van der Waals surface area (Å²) in [6, 6.07) is 6.39. The second kappa shape index (κ2) is 6.66. The summed E-state index contributed by atoms with van der Waals surface area (Å²) < 4.78 is 7.66. The van der Waals surface area contributed by atoms with Crippen LogP contribution in [0, 0.1) is 6.92 Å². The van der Waals surface area contributed by atoms with Crippen molar-refractivity contribution in [1.29, 1.82) is 0 Å². The molecule has 0 radical (unpaired) electrons. The lowest BCUT2D eigenvalue weighted by molar-refractivity contribution is 0.242. The highest BCUT2D eigenvalue weighted by atomic mass is 16.5. The lowest BCUT2D eigenvalue weighted by atomic mass is 10.1. The highest BCUT2D eigenvalue weighted by Gasteiger charge is 2.10. The molecule has 2 rings (SSSR count). The first kappa shape index (κ1) is 15.4. The van der Waals surface area contributed by atoms with Gasteiger partial charge in [0.2, 0.25) is 0 Å². The Hall–Kier alpha value is -1.97. The smallest absolute Gasteiger partial charge is 0.120 e. The fraction of sp³-hybridized carbons (Fsp3) is 0.471. The SMILES string of the molecule is CCn1cc(C(C)Nc2ccc(OC(C)C)cc2C)cn1. The molecular weight excluding hydrogens is 262 g/mol. The Balaban J connectivity index is 2.08. The maximum Gasteiger partial charge on any atom is 0.120 e. The molecule has 0 bridgehead atoms. The van der Waals surface area contributed by atoms with E-state index in [1.165, 1.54) is 11.1 Å². The van der Waals surface area contributed by atoms with Crippen molar-refractivity contribution >= 4 is 5.69 Å². The Labute approximate surface area is 127 Å². The van der Waals surface area contributed by atoms with Crippen molar-refractivity contribution in [3.8, 4) is 5.75 Å². The first-order valence-corrected chi connectivity index (χ1v) is 7.55. The van der Waals surface area contributed by atoms with Crippen LogP contribution in [-0.2, 0) is 6.54 Å². The van der Waals surface area contributed by atoms with Crippen LogP contribution in [0.25, 0.3) is 0 Å². The summed E-state index contributed by atoms with van der Waals surface area (Å²) in [6.45, 7) is 11.3. The molecule has 21 heavy (non-hydrogen) atoms. The quantitative estimate of drug-likeness (QED) is 0.866. The molecule has 0 spiro atoms. The van der Waals surface area contributed by atoms with Crippen LogP contribution in [-0.4, -0.2) is 15.9 Å². The van der Waals surface area contributed by atoms with Crippen LogP contribution >= 0.6 is 0 Å². The fourth-order valence-electron chi connectivity index (χ4n) is 2.24. The van der Waals surface area contributed by atoms with E-state index in [0.717, 1.165) is 18.0 Å². The average Bonchev–Trinajstić information content (AvgIpc) is 2.90. The number of aryl methyl sites for hydroxylation is 2. The van der Waals surface area contributed by atoms with Gasteiger partial charge in [0.1, 0.15) is 5.75 Å². The van der Waals surface area contributed by atoms with Crippen LogP contribution in [0.15, 0.2) is 30.6 Å². The molecule has 0 aliphatic carbocycles. The van der Waals surface area contributed by atoms with Gasteiger partial charge in [-0.3, -0.25) is 4.68 Å². The average molecular weight is 287 g/mol. The van der Waals surface area contributed by atoms with E-state index in [0.29, 0.717) is 0 Å². The number of ether oxygens (including phenoxy) is 1. The van der Waals surface area contributed by atoms with Crippen molar-refractivity contribution in [1.82, 2.24) is 9.78 Å². The highest BCUT2D eigenvalue weighted by Crippen LogP contribution is 2.26. The second-order valence-electron chi connectivity index (χ2n) is 5.64. The van der Waals surface area contributed by atoms with Gasteiger partial charge in [-0.15, -0.1) is 0 Å². The number of aromatic nitrogens is 2. The summed E-state index contributed by atoms with van der Waals surface area (Å²) >= 11 is 0. The summed E-state index contributed by atoms with van der Waals surface area (Å²) in [5.74, 6) is 0.916. The van der Waals surface area contributed by atoms with Crippen molar-refractivity contribution in [2.45, 2.75) is 53.3 Å². The van der Waals surface area contributed by atoms with E-state index in [-0.39, 0.29) is 12.1 Å². The predicted octanol–water partition coefficient (Wildman–Crippen LogP) is 4.17. The van der Waals surface area contributed by atoms with E-state index in [1.807, 2.05) is 30.8 Å². The molecule has 4 heteroatoms. The molecule has 1 heterocycles. The fourth-order valence-corrected chi connectivity index (χ4v) is 2.24. The van der Waals surface area contributed by atoms with E-state index in [4.69, 9.17) is 4.74 Å². The molecule has 0 saturated heterocycles. The van der Waals surface area contributed by atoms with Crippen molar-refractivity contribution in [2.24, 2.45) is 0 Å². The standard InChI is InChI=1S/C17H25N3O/c1-6-20-11-15(10-18-20)14(5)19-17-8-7-16(9-13(17)4)21-12(2)3/h7-12,14,19H,6H2,1-5H3. The Bertz CT molecular complexity index is 589. The molecule has 0 aliphatic rings. The molecule has 0 aliphatic heterocycles. The number of anilines is 1. The molecule has 0 fully saturated rings. The Morgan fingerprint density at radius 3 is 2.62 bits per heavy atom. The zero-order valence-corrected chi connectivity index (χ0v) is 13.6. The van der Waals surface area contributed by atoms with E-state index >= 15 is 0 Å². The molecule has 114 valence electrons. The molecule has 0 amide bonds. The summed E-state index contributed by atoms with van der Waals surface area (Å²) in [7, 11) is 0. The number of nitrogens with one attached hydrogen (secondary N) is 1. The lowest BCUT2D eigenvalue weighted by Gasteiger charge is -2.17. The van der Waals surface area contributed by atoms with Crippen molar-refractivity contribution in [3.05, 3.63) is 41.7 Å². The van der Waals surface area contributed by atoms with Gasteiger partial charge < -0.3 is 10.1 Å². The summed E-state index contributed by atoms with van der Waals surface area (Å²) in [6.07, 6.45) is 4.21. The Morgan fingerprint density at radius 2 is 2.05 bits per heavy atom. The number of benzene rings is 1. The predicted molar refractivity (Wildman–Crippen MR) is 86.9 cm³/mol. The van der Waals surface area contributed by atoms with Crippen LogP contribution in [0.5, 0.6) is 5.75 Å². The number of hydrogen-bond acceptors (Lipinski definition) is 3. The van der Waals surface area contributed by atoms with Gasteiger partial charge in [-0.25, -0.2) is 0 Å². The number of rotatable bonds is 6. The Kier molecular flexibility index (Phi) is 4.89. The van der Waals surface area contributed by atoms with E-state index < -0.39 is 0 Å². The normalized spacial score (nSPS) is 12.5. The van der Waals surface area contributed by atoms with Crippen LogP contribution < -0.4 is 10.1 Å². The summed E-state index contributed by atoms with van der Waals surface area (Å²) in [5, 5.41) is 7.86. The lowest BCUT2D eigenvalue weighted by Crippen LogP contribution is -2.08. The zero-order chi connectivity index (χ0) is 15.4. The maximum absolute atomic E-state index is 5.72.